The van der Waals surface area contributed by atoms with Crippen molar-refractivity contribution < 1.29 is 4.74 Å². The maximum atomic E-state index is 5.34. The van der Waals surface area contributed by atoms with Gasteiger partial charge in [0.2, 0.25) is 0 Å². The molecule has 19 heavy (non-hydrogen) atoms. The van der Waals surface area contributed by atoms with E-state index in [0.29, 0.717) is 6.54 Å². The zero-order valence-electron chi connectivity index (χ0n) is 11.8. The van der Waals surface area contributed by atoms with Gasteiger partial charge in [-0.2, -0.15) is 0 Å². The zero-order valence-corrected chi connectivity index (χ0v) is 11.8. The third-order valence-electron chi connectivity index (χ3n) is 3.20. The van der Waals surface area contributed by atoms with Crippen molar-refractivity contribution in [3.8, 4) is 5.75 Å². The third kappa shape index (κ3) is 4.47. The van der Waals surface area contributed by atoms with Gasteiger partial charge in [0.1, 0.15) is 5.75 Å². The van der Waals surface area contributed by atoms with Crippen LogP contribution in [-0.2, 0) is 6.54 Å². The van der Waals surface area contributed by atoms with Crippen molar-refractivity contribution in [1.82, 2.24) is 10.6 Å². The second-order valence-electron chi connectivity index (χ2n) is 4.83. The summed E-state index contributed by atoms with van der Waals surface area (Å²) in [6.07, 6.45) is 2.69. The average Bonchev–Trinajstić information content (AvgIpc) is 3.26. The normalized spacial score (nSPS) is 15.2. The van der Waals surface area contributed by atoms with Crippen molar-refractivity contribution in [2.45, 2.75) is 26.3 Å². The van der Waals surface area contributed by atoms with Gasteiger partial charge in [-0.15, -0.1) is 0 Å². The van der Waals surface area contributed by atoms with Gasteiger partial charge in [-0.1, -0.05) is 18.2 Å². The summed E-state index contributed by atoms with van der Waals surface area (Å²) < 4.78 is 5.34. The van der Waals surface area contributed by atoms with Crippen molar-refractivity contribution in [3.63, 3.8) is 0 Å². The van der Waals surface area contributed by atoms with Crippen LogP contribution in [0.3, 0.4) is 0 Å². The summed E-state index contributed by atoms with van der Waals surface area (Å²) in [5.74, 6) is 2.62. The number of hydrogen-bond acceptors (Lipinski definition) is 2. The first-order valence-electron chi connectivity index (χ1n) is 6.97. The summed E-state index contributed by atoms with van der Waals surface area (Å²) in [5, 5.41) is 6.66. The van der Waals surface area contributed by atoms with E-state index in [4.69, 9.17) is 4.74 Å². The zero-order chi connectivity index (χ0) is 13.5. The summed E-state index contributed by atoms with van der Waals surface area (Å²) in [7, 11) is 1.69. The quantitative estimate of drug-likeness (QED) is 0.609. The minimum absolute atomic E-state index is 0.629. The van der Waals surface area contributed by atoms with Crippen LogP contribution in [0.15, 0.2) is 29.3 Å². The maximum Gasteiger partial charge on any atom is 0.191 e. The van der Waals surface area contributed by atoms with Gasteiger partial charge in [-0.05, 0) is 31.7 Å². The molecule has 0 bridgehead atoms. The molecule has 2 rings (SSSR count). The van der Waals surface area contributed by atoms with Crippen LogP contribution < -0.4 is 15.4 Å². The van der Waals surface area contributed by atoms with Gasteiger partial charge >= 0.3 is 0 Å². The van der Waals surface area contributed by atoms with E-state index < -0.39 is 0 Å². The van der Waals surface area contributed by atoms with Crippen LogP contribution in [0.25, 0.3) is 0 Å². The van der Waals surface area contributed by atoms with E-state index in [1.54, 1.807) is 7.11 Å². The predicted octanol–water partition coefficient (Wildman–Crippen LogP) is 2.16. The molecule has 1 aromatic carbocycles. The number of aliphatic imine (C=N–C) groups is 1. The molecule has 1 saturated carbocycles. The first-order valence-corrected chi connectivity index (χ1v) is 6.97. The molecule has 2 N–H and O–H groups in total. The van der Waals surface area contributed by atoms with Gasteiger partial charge in [0.05, 0.1) is 13.7 Å². The summed E-state index contributed by atoms with van der Waals surface area (Å²) in [4.78, 5) is 4.61. The van der Waals surface area contributed by atoms with Gasteiger partial charge in [0, 0.05) is 18.7 Å². The molecule has 4 heteroatoms. The molecule has 0 unspecified atom stereocenters. The smallest absolute Gasteiger partial charge is 0.191 e. The Morgan fingerprint density at radius 1 is 1.32 bits per heavy atom. The number of methoxy groups -OCH3 is 1. The van der Waals surface area contributed by atoms with Crippen LogP contribution in [0.2, 0.25) is 0 Å². The molecular weight excluding hydrogens is 238 g/mol. The summed E-state index contributed by atoms with van der Waals surface area (Å²) >= 11 is 0. The molecule has 1 fully saturated rings. The lowest BCUT2D eigenvalue weighted by molar-refractivity contribution is 0.410. The number of hydrogen-bond donors (Lipinski definition) is 2. The summed E-state index contributed by atoms with van der Waals surface area (Å²) in [5.41, 5.74) is 1.11. The highest BCUT2D eigenvalue weighted by atomic mass is 16.5. The Morgan fingerprint density at radius 2 is 2.11 bits per heavy atom. The Hall–Kier alpha value is -1.71. The van der Waals surface area contributed by atoms with Crippen LogP contribution in [0, 0.1) is 5.92 Å². The molecule has 0 spiro atoms. The molecule has 0 aromatic heterocycles. The SMILES string of the molecule is CCNC(=NCc1ccccc1OC)NCC1CC1. The Bertz CT molecular complexity index is 427. The second kappa shape index (κ2) is 7.02. The molecule has 0 aliphatic heterocycles. The van der Waals surface area contributed by atoms with Crippen LogP contribution in [0.4, 0.5) is 0 Å². The lowest BCUT2D eigenvalue weighted by Crippen LogP contribution is -2.38. The molecular formula is C15H23N3O. The van der Waals surface area contributed by atoms with Crippen LogP contribution in [0.5, 0.6) is 5.75 Å². The van der Waals surface area contributed by atoms with Gasteiger partial charge in [0.15, 0.2) is 5.96 Å². The molecule has 0 radical (unpaired) electrons. The second-order valence-corrected chi connectivity index (χ2v) is 4.83. The van der Waals surface area contributed by atoms with Gasteiger partial charge in [0.25, 0.3) is 0 Å². The monoisotopic (exact) mass is 261 g/mol. The van der Waals surface area contributed by atoms with E-state index in [1.807, 2.05) is 24.3 Å². The molecule has 1 aliphatic rings. The van der Waals surface area contributed by atoms with E-state index in [0.717, 1.165) is 36.3 Å². The molecule has 0 saturated heterocycles. The number of guanidine groups is 1. The third-order valence-corrected chi connectivity index (χ3v) is 3.20. The number of benzene rings is 1. The van der Waals surface area contributed by atoms with Gasteiger partial charge < -0.3 is 15.4 Å². The van der Waals surface area contributed by atoms with Crippen LogP contribution in [-0.4, -0.2) is 26.2 Å². The van der Waals surface area contributed by atoms with Crippen LogP contribution in [0.1, 0.15) is 25.3 Å². The number of para-hydroxylation sites is 1. The Morgan fingerprint density at radius 3 is 2.79 bits per heavy atom. The first kappa shape index (κ1) is 13.7. The molecule has 0 heterocycles. The fourth-order valence-electron chi connectivity index (χ4n) is 1.90. The van der Waals surface area contributed by atoms with E-state index in [1.165, 1.54) is 12.8 Å². The number of rotatable bonds is 6. The molecule has 0 atom stereocenters. The standard InChI is InChI=1S/C15H23N3O/c1-3-16-15(17-10-12-8-9-12)18-11-13-6-4-5-7-14(13)19-2/h4-7,12H,3,8-11H2,1-2H3,(H2,16,17,18). The Kier molecular flexibility index (Phi) is 5.07. The largest absolute Gasteiger partial charge is 0.496 e. The highest BCUT2D eigenvalue weighted by molar-refractivity contribution is 5.79. The van der Waals surface area contributed by atoms with E-state index in [2.05, 4.69) is 22.5 Å². The molecule has 0 amide bonds. The van der Waals surface area contributed by atoms with Gasteiger partial charge in [-0.25, -0.2) is 4.99 Å². The Labute approximate surface area is 115 Å². The van der Waals surface area contributed by atoms with Crippen molar-refractivity contribution in [2.24, 2.45) is 10.9 Å². The van der Waals surface area contributed by atoms with E-state index in [9.17, 15) is 0 Å². The van der Waals surface area contributed by atoms with Gasteiger partial charge in [-0.3, -0.25) is 0 Å². The lowest BCUT2D eigenvalue weighted by atomic mass is 10.2. The van der Waals surface area contributed by atoms with E-state index >= 15 is 0 Å². The van der Waals surface area contributed by atoms with Crippen molar-refractivity contribution in [3.05, 3.63) is 29.8 Å². The minimum Gasteiger partial charge on any atom is -0.496 e. The van der Waals surface area contributed by atoms with Crippen LogP contribution >= 0.6 is 0 Å². The summed E-state index contributed by atoms with van der Waals surface area (Å²) in [6, 6.07) is 8.00. The van der Waals surface area contributed by atoms with E-state index in [-0.39, 0.29) is 0 Å². The predicted molar refractivity (Wildman–Crippen MR) is 78.5 cm³/mol. The highest BCUT2D eigenvalue weighted by Crippen LogP contribution is 2.27. The topological polar surface area (TPSA) is 45.7 Å². The van der Waals surface area contributed by atoms with Crippen molar-refractivity contribution >= 4 is 5.96 Å². The molecule has 104 valence electrons. The lowest BCUT2D eigenvalue weighted by Gasteiger charge is -2.11. The molecule has 4 nitrogen and oxygen atoms in total. The summed E-state index contributed by atoms with van der Waals surface area (Å²) in [6.45, 7) is 4.61. The average molecular weight is 261 g/mol. The fourth-order valence-corrected chi connectivity index (χ4v) is 1.90. The maximum absolute atomic E-state index is 5.34. The number of nitrogens with zero attached hydrogens (tertiary/aromatic N) is 1. The molecule has 1 aromatic rings. The van der Waals surface area contributed by atoms with Crippen molar-refractivity contribution in [2.75, 3.05) is 20.2 Å². The first-order chi connectivity index (χ1) is 9.33. The number of nitrogens with one attached hydrogen (secondary N) is 2. The molecule has 1 aliphatic carbocycles. The highest BCUT2D eigenvalue weighted by Gasteiger charge is 2.21. The number of ether oxygens (including phenoxy) is 1. The Balaban J connectivity index is 1.95. The fraction of sp³-hybridized carbons (Fsp3) is 0.533. The minimum atomic E-state index is 0.629. The van der Waals surface area contributed by atoms with Crippen molar-refractivity contribution in [1.29, 1.82) is 0 Å².